The second-order valence-electron chi connectivity index (χ2n) is 7.34. The fourth-order valence-electron chi connectivity index (χ4n) is 3.36. The minimum absolute atomic E-state index is 0.0971. The number of amides is 2. The van der Waals surface area contributed by atoms with E-state index in [9.17, 15) is 14.0 Å². The van der Waals surface area contributed by atoms with Crippen LogP contribution < -0.4 is 10.2 Å². The zero-order chi connectivity index (χ0) is 20.6. The number of carbonyl (C=O) groups is 2. The second-order valence-corrected chi connectivity index (χ2v) is 8.33. The minimum atomic E-state index is -0.327. The third kappa shape index (κ3) is 6.87. The van der Waals surface area contributed by atoms with Crippen LogP contribution in [0, 0.1) is 12.7 Å². The SMILES string of the molecule is Cc1cccc(CSCC(=O)N2CC[NH+](CC(=O)Nc3ccc(F)cc3)CC2)c1. The van der Waals surface area contributed by atoms with Gasteiger partial charge in [0.15, 0.2) is 6.54 Å². The molecule has 0 bridgehead atoms. The Balaban J connectivity index is 1.35. The number of benzene rings is 2. The van der Waals surface area contributed by atoms with Crippen molar-refractivity contribution in [2.24, 2.45) is 0 Å². The normalized spacial score (nSPS) is 14.6. The van der Waals surface area contributed by atoms with Crippen LogP contribution >= 0.6 is 11.8 Å². The third-order valence-electron chi connectivity index (χ3n) is 4.94. The van der Waals surface area contributed by atoms with Crippen LogP contribution in [-0.2, 0) is 15.3 Å². The van der Waals surface area contributed by atoms with Gasteiger partial charge in [0.1, 0.15) is 5.82 Å². The molecular weight excluding hydrogens is 389 g/mol. The fraction of sp³-hybridized carbons (Fsp3) is 0.364. The van der Waals surface area contributed by atoms with Crippen LogP contribution in [0.5, 0.6) is 0 Å². The summed E-state index contributed by atoms with van der Waals surface area (Å²) in [5, 5.41) is 2.79. The van der Waals surface area contributed by atoms with Crippen molar-refractivity contribution < 1.29 is 18.9 Å². The minimum Gasteiger partial charge on any atom is -0.331 e. The fourth-order valence-corrected chi connectivity index (χ4v) is 4.24. The van der Waals surface area contributed by atoms with E-state index in [1.807, 2.05) is 11.0 Å². The average Bonchev–Trinajstić information content (AvgIpc) is 2.70. The maximum absolute atomic E-state index is 12.9. The lowest BCUT2D eigenvalue weighted by Crippen LogP contribution is -3.15. The van der Waals surface area contributed by atoms with E-state index in [4.69, 9.17) is 0 Å². The smallest absolute Gasteiger partial charge is 0.279 e. The van der Waals surface area contributed by atoms with Gasteiger partial charge in [-0.15, -0.1) is 11.8 Å². The number of nitrogens with zero attached hydrogens (tertiary/aromatic N) is 1. The molecule has 2 N–H and O–H groups in total. The van der Waals surface area contributed by atoms with Crippen molar-refractivity contribution in [2.75, 3.05) is 43.8 Å². The Kier molecular flexibility index (Phi) is 7.66. The lowest BCUT2D eigenvalue weighted by Gasteiger charge is -2.31. The van der Waals surface area contributed by atoms with E-state index in [0.717, 1.165) is 23.7 Å². The van der Waals surface area contributed by atoms with Gasteiger partial charge in [-0.05, 0) is 36.8 Å². The molecule has 1 heterocycles. The van der Waals surface area contributed by atoms with Gasteiger partial charge >= 0.3 is 0 Å². The van der Waals surface area contributed by atoms with Gasteiger partial charge in [-0.25, -0.2) is 4.39 Å². The van der Waals surface area contributed by atoms with Crippen LogP contribution in [-0.4, -0.2) is 55.2 Å². The first-order valence-corrected chi connectivity index (χ1v) is 10.9. The summed E-state index contributed by atoms with van der Waals surface area (Å²) in [4.78, 5) is 27.7. The molecule has 2 aromatic rings. The molecule has 2 amide bonds. The van der Waals surface area contributed by atoms with Gasteiger partial charge in [0.2, 0.25) is 5.91 Å². The molecule has 5 nitrogen and oxygen atoms in total. The van der Waals surface area contributed by atoms with Crippen LogP contribution in [0.15, 0.2) is 48.5 Å². The highest BCUT2D eigenvalue weighted by Gasteiger charge is 2.25. The van der Waals surface area contributed by atoms with Gasteiger partial charge in [0.05, 0.1) is 31.9 Å². The maximum atomic E-state index is 12.9. The summed E-state index contributed by atoms with van der Waals surface area (Å²) in [5.41, 5.74) is 3.07. The van der Waals surface area contributed by atoms with Crippen molar-refractivity contribution in [3.63, 3.8) is 0 Å². The predicted octanol–water partition coefficient (Wildman–Crippen LogP) is 1.73. The van der Waals surface area contributed by atoms with E-state index >= 15 is 0 Å². The molecule has 1 aliphatic rings. The molecule has 7 heteroatoms. The average molecular weight is 417 g/mol. The molecule has 0 spiro atoms. The Morgan fingerprint density at radius 1 is 1.14 bits per heavy atom. The monoisotopic (exact) mass is 416 g/mol. The first-order valence-electron chi connectivity index (χ1n) is 9.79. The summed E-state index contributed by atoms with van der Waals surface area (Å²) in [6, 6.07) is 14.1. The topological polar surface area (TPSA) is 53.9 Å². The van der Waals surface area contributed by atoms with Crippen molar-refractivity contribution in [2.45, 2.75) is 12.7 Å². The number of hydrogen-bond acceptors (Lipinski definition) is 3. The second kappa shape index (κ2) is 10.4. The first-order chi connectivity index (χ1) is 14.0. The number of halogens is 1. The zero-order valence-corrected chi connectivity index (χ0v) is 17.4. The van der Waals surface area contributed by atoms with Crippen LogP contribution in [0.1, 0.15) is 11.1 Å². The summed E-state index contributed by atoms with van der Waals surface area (Å²) < 4.78 is 12.9. The van der Waals surface area contributed by atoms with Gasteiger partial charge < -0.3 is 15.1 Å². The predicted molar refractivity (Wildman–Crippen MR) is 115 cm³/mol. The largest absolute Gasteiger partial charge is 0.331 e. The first kappa shape index (κ1) is 21.3. The number of hydrogen-bond donors (Lipinski definition) is 2. The Labute approximate surface area is 175 Å². The number of rotatable bonds is 7. The number of aryl methyl sites for hydroxylation is 1. The van der Waals surface area contributed by atoms with E-state index in [2.05, 4.69) is 30.4 Å². The summed E-state index contributed by atoms with van der Waals surface area (Å²) in [6.07, 6.45) is 0. The molecule has 29 heavy (non-hydrogen) atoms. The standard InChI is InChI=1S/C22H26FN3O2S/c1-17-3-2-4-18(13-17)15-29-16-22(28)26-11-9-25(10-12-26)14-21(27)24-20-7-5-19(23)6-8-20/h2-8,13H,9-12,14-16H2,1H3,(H,24,27)/p+1. The Morgan fingerprint density at radius 2 is 1.86 bits per heavy atom. The van der Waals surface area contributed by atoms with Crippen LogP contribution in [0.2, 0.25) is 0 Å². The van der Waals surface area contributed by atoms with Gasteiger partial charge in [-0.1, -0.05) is 29.8 Å². The van der Waals surface area contributed by atoms with Gasteiger partial charge in [-0.3, -0.25) is 9.59 Å². The van der Waals surface area contributed by atoms with Gasteiger partial charge in [0, 0.05) is 11.4 Å². The van der Waals surface area contributed by atoms with Crippen molar-refractivity contribution in [3.8, 4) is 0 Å². The molecule has 0 aromatic heterocycles. The Hall–Kier alpha value is -2.38. The zero-order valence-electron chi connectivity index (χ0n) is 16.6. The highest BCUT2D eigenvalue weighted by atomic mass is 32.2. The number of thioether (sulfide) groups is 1. The Morgan fingerprint density at radius 3 is 2.55 bits per heavy atom. The lowest BCUT2D eigenvalue weighted by molar-refractivity contribution is -0.895. The number of quaternary nitrogens is 1. The molecule has 1 saturated heterocycles. The summed E-state index contributed by atoms with van der Waals surface area (Å²) in [5.74, 6) is 1.06. The maximum Gasteiger partial charge on any atom is 0.279 e. The molecule has 3 rings (SSSR count). The third-order valence-corrected chi connectivity index (χ3v) is 5.93. The van der Waals surface area contributed by atoms with E-state index < -0.39 is 0 Å². The highest BCUT2D eigenvalue weighted by molar-refractivity contribution is 7.99. The molecule has 2 aromatic carbocycles. The van der Waals surface area contributed by atoms with Crippen molar-refractivity contribution in [1.82, 2.24) is 4.90 Å². The van der Waals surface area contributed by atoms with Gasteiger partial charge in [-0.2, -0.15) is 0 Å². The summed E-state index contributed by atoms with van der Waals surface area (Å²) in [7, 11) is 0. The van der Waals surface area contributed by atoms with Crippen molar-refractivity contribution in [1.29, 1.82) is 0 Å². The van der Waals surface area contributed by atoms with Crippen LogP contribution in [0.25, 0.3) is 0 Å². The van der Waals surface area contributed by atoms with Crippen LogP contribution in [0.4, 0.5) is 10.1 Å². The number of nitrogens with one attached hydrogen (secondary N) is 2. The molecule has 0 radical (unpaired) electrons. The summed E-state index contributed by atoms with van der Waals surface area (Å²) >= 11 is 1.64. The molecule has 154 valence electrons. The van der Waals surface area contributed by atoms with Crippen molar-refractivity contribution in [3.05, 3.63) is 65.5 Å². The van der Waals surface area contributed by atoms with E-state index in [1.54, 1.807) is 23.9 Å². The number of carbonyl (C=O) groups excluding carboxylic acids is 2. The van der Waals surface area contributed by atoms with Gasteiger partial charge in [0.25, 0.3) is 5.91 Å². The molecule has 1 fully saturated rings. The molecule has 0 aliphatic carbocycles. The van der Waals surface area contributed by atoms with E-state index in [0.29, 0.717) is 31.1 Å². The summed E-state index contributed by atoms with van der Waals surface area (Å²) in [6.45, 7) is 5.27. The van der Waals surface area contributed by atoms with Crippen LogP contribution in [0.3, 0.4) is 0 Å². The molecule has 1 aliphatic heterocycles. The number of piperazine rings is 1. The number of anilines is 1. The molecule has 0 atom stereocenters. The highest BCUT2D eigenvalue weighted by Crippen LogP contribution is 2.14. The van der Waals surface area contributed by atoms with E-state index in [1.165, 1.54) is 23.3 Å². The molecule has 0 unspecified atom stereocenters. The van der Waals surface area contributed by atoms with Crippen molar-refractivity contribution >= 4 is 29.3 Å². The molecule has 0 saturated carbocycles. The quantitative estimate of drug-likeness (QED) is 0.723. The lowest BCUT2D eigenvalue weighted by atomic mass is 10.2. The molecular formula is C22H27FN3O2S+. The van der Waals surface area contributed by atoms with E-state index in [-0.39, 0.29) is 17.6 Å². The Bertz CT molecular complexity index is 836.